The highest BCUT2D eigenvalue weighted by Crippen LogP contribution is 2.37. The molecule has 2 rings (SSSR count). The van der Waals surface area contributed by atoms with Crippen LogP contribution in [0.4, 0.5) is 10.1 Å². The summed E-state index contributed by atoms with van der Waals surface area (Å²) in [6.45, 7) is 2.24. The number of hydrogen-bond donors (Lipinski definition) is 1. The highest BCUT2D eigenvalue weighted by atomic mass is 79.9. The minimum absolute atomic E-state index is 0.0246. The van der Waals surface area contributed by atoms with E-state index in [2.05, 4.69) is 21.2 Å². The molecule has 0 spiro atoms. The quantitative estimate of drug-likeness (QED) is 0.723. The fourth-order valence-electron chi connectivity index (χ4n) is 1.81. The number of carbonyl (C=O) groups excluding carboxylic acids is 1. The number of halogens is 4. The summed E-state index contributed by atoms with van der Waals surface area (Å²) in [5.41, 5.74) is 0.549. The lowest BCUT2D eigenvalue weighted by Gasteiger charge is -2.14. The van der Waals surface area contributed by atoms with Gasteiger partial charge in [0, 0.05) is 5.02 Å². The second-order valence-corrected chi connectivity index (χ2v) is 5.97. The fraction of sp³-hybridized carbons (Fsp3) is 0.133. The first-order valence-electron chi connectivity index (χ1n) is 6.30. The summed E-state index contributed by atoms with van der Waals surface area (Å²) in [7, 11) is 0. The first kappa shape index (κ1) is 17.1. The molecule has 3 nitrogen and oxygen atoms in total. The molecule has 0 aliphatic carbocycles. The Kier molecular flexibility index (Phi) is 5.67. The van der Waals surface area contributed by atoms with Gasteiger partial charge in [0.15, 0.2) is 5.75 Å². The van der Waals surface area contributed by atoms with Crippen molar-refractivity contribution in [3.05, 3.63) is 56.2 Å². The van der Waals surface area contributed by atoms with Crippen LogP contribution in [-0.2, 0) is 0 Å². The Morgan fingerprint density at radius 1 is 1.32 bits per heavy atom. The first-order chi connectivity index (χ1) is 10.4. The van der Waals surface area contributed by atoms with Crippen molar-refractivity contribution in [3.8, 4) is 5.75 Å². The van der Waals surface area contributed by atoms with Gasteiger partial charge in [-0.25, -0.2) is 4.39 Å². The van der Waals surface area contributed by atoms with Gasteiger partial charge in [-0.15, -0.1) is 0 Å². The van der Waals surface area contributed by atoms with E-state index in [4.69, 9.17) is 27.9 Å². The summed E-state index contributed by atoms with van der Waals surface area (Å²) >= 11 is 15.2. The molecule has 0 unspecified atom stereocenters. The van der Waals surface area contributed by atoms with E-state index in [1.807, 2.05) is 6.92 Å². The Bertz CT molecular complexity index is 725. The summed E-state index contributed by atoms with van der Waals surface area (Å²) in [5, 5.41) is 3.12. The van der Waals surface area contributed by atoms with E-state index < -0.39 is 11.7 Å². The number of hydrogen-bond acceptors (Lipinski definition) is 2. The van der Waals surface area contributed by atoms with Crippen LogP contribution in [0.25, 0.3) is 0 Å². The van der Waals surface area contributed by atoms with Crippen LogP contribution in [0, 0.1) is 5.82 Å². The average molecular weight is 407 g/mol. The van der Waals surface area contributed by atoms with Gasteiger partial charge in [-0.05, 0) is 53.2 Å². The van der Waals surface area contributed by atoms with Crippen LogP contribution in [0.2, 0.25) is 10.0 Å². The van der Waals surface area contributed by atoms with E-state index in [0.29, 0.717) is 27.5 Å². The Morgan fingerprint density at radius 2 is 2.05 bits per heavy atom. The number of ether oxygens (including phenoxy) is 1. The summed E-state index contributed by atoms with van der Waals surface area (Å²) in [4.78, 5) is 12.3. The summed E-state index contributed by atoms with van der Waals surface area (Å²) in [5.74, 6) is -0.541. The van der Waals surface area contributed by atoms with E-state index in [9.17, 15) is 9.18 Å². The van der Waals surface area contributed by atoms with E-state index in [-0.39, 0.29) is 10.6 Å². The van der Waals surface area contributed by atoms with Crippen molar-refractivity contribution < 1.29 is 13.9 Å². The second-order valence-electron chi connectivity index (χ2n) is 4.28. The van der Waals surface area contributed by atoms with Gasteiger partial charge >= 0.3 is 0 Å². The third kappa shape index (κ3) is 3.91. The van der Waals surface area contributed by atoms with E-state index >= 15 is 0 Å². The number of carbonyl (C=O) groups is 1. The van der Waals surface area contributed by atoms with Gasteiger partial charge in [-0.3, -0.25) is 4.79 Å². The third-order valence-electron chi connectivity index (χ3n) is 2.72. The molecule has 0 saturated heterocycles. The normalized spacial score (nSPS) is 10.4. The van der Waals surface area contributed by atoms with Crippen LogP contribution >= 0.6 is 39.1 Å². The molecular weight excluding hydrogens is 396 g/mol. The Hall–Kier alpha value is -1.30. The zero-order valence-electron chi connectivity index (χ0n) is 11.4. The number of benzene rings is 2. The number of rotatable bonds is 4. The van der Waals surface area contributed by atoms with Gasteiger partial charge in [0.05, 0.1) is 27.4 Å². The molecule has 0 heterocycles. The molecule has 0 saturated carbocycles. The van der Waals surface area contributed by atoms with Gasteiger partial charge < -0.3 is 10.1 Å². The van der Waals surface area contributed by atoms with E-state index in [1.165, 1.54) is 6.07 Å². The van der Waals surface area contributed by atoms with Crippen molar-refractivity contribution in [2.45, 2.75) is 6.92 Å². The second kappa shape index (κ2) is 7.31. The third-order valence-corrected chi connectivity index (χ3v) is 3.84. The topological polar surface area (TPSA) is 38.3 Å². The van der Waals surface area contributed by atoms with Crippen molar-refractivity contribution in [1.82, 2.24) is 0 Å². The maximum absolute atomic E-state index is 13.0. The van der Waals surface area contributed by atoms with Crippen molar-refractivity contribution >= 4 is 50.7 Å². The molecule has 2 aromatic rings. The van der Waals surface area contributed by atoms with E-state index in [0.717, 1.165) is 12.1 Å². The SMILES string of the molecule is CCOc1c(Br)cc(Cl)cc1NC(=O)c1ccc(F)cc1Cl. The Labute approximate surface area is 145 Å². The van der Waals surface area contributed by atoms with Crippen molar-refractivity contribution in [2.75, 3.05) is 11.9 Å². The first-order valence-corrected chi connectivity index (χ1v) is 7.85. The zero-order valence-corrected chi connectivity index (χ0v) is 14.5. The Morgan fingerprint density at radius 3 is 2.68 bits per heavy atom. The zero-order chi connectivity index (χ0) is 16.3. The van der Waals surface area contributed by atoms with Gasteiger partial charge in [-0.1, -0.05) is 23.2 Å². The van der Waals surface area contributed by atoms with Crippen molar-refractivity contribution in [3.63, 3.8) is 0 Å². The number of nitrogens with one attached hydrogen (secondary N) is 1. The summed E-state index contributed by atoms with van der Waals surface area (Å²) in [6, 6.07) is 6.78. The van der Waals surface area contributed by atoms with Crippen LogP contribution in [-0.4, -0.2) is 12.5 Å². The van der Waals surface area contributed by atoms with Gasteiger partial charge in [0.2, 0.25) is 0 Å². The molecule has 7 heteroatoms. The molecule has 0 aliphatic heterocycles. The van der Waals surface area contributed by atoms with Crippen LogP contribution in [0.3, 0.4) is 0 Å². The molecule has 1 N–H and O–H groups in total. The van der Waals surface area contributed by atoms with Crippen molar-refractivity contribution in [2.24, 2.45) is 0 Å². The summed E-state index contributed by atoms with van der Waals surface area (Å²) in [6.07, 6.45) is 0. The van der Waals surface area contributed by atoms with Gasteiger partial charge in [0.1, 0.15) is 5.82 Å². The minimum Gasteiger partial charge on any atom is -0.491 e. The monoisotopic (exact) mass is 405 g/mol. The standard InChI is InChI=1S/C15H11BrCl2FNO2/c1-2-22-14-11(16)5-8(17)6-13(14)20-15(21)10-4-3-9(19)7-12(10)18/h3-7H,2H2,1H3,(H,20,21). The van der Waals surface area contributed by atoms with Crippen molar-refractivity contribution in [1.29, 1.82) is 0 Å². The highest BCUT2D eigenvalue weighted by Gasteiger charge is 2.16. The van der Waals surface area contributed by atoms with Crippen LogP contribution in [0.15, 0.2) is 34.8 Å². The predicted molar refractivity (Wildman–Crippen MR) is 89.7 cm³/mol. The smallest absolute Gasteiger partial charge is 0.257 e. The molecule has 0 fully saturated rings. The minimum atomic E-state index is -0.512. The maximum atomic E-state index is 13.0. The molecule has 116 valence electrons. The maximum Gasteiger partial charge on any atom is 0.257 e. The fourth-order valence-corrected chi connectivity index (χ4v) is 2.99. The molecule has 1 amide bonds. The largest absolute Gasteiger partial charge is 0.491 e. The average Bonchev–Trinajstić information content (AvgIpc) is 2.42. The molecule has 0 bridgehead atoms. The molecule has 0 radical (unpaired) electrons. The predicted octanol–water partition coefficient (Wildman–Crippen LogP) is 5.55. The van der Waals surface area contributed by atoms with Crippen LogP contribution < -0.4 is 10.1 Å². The highest BCUT2D eigenvalue weighted by molar-refractivity contribution is 9.10. The summed E-state index contributed by atoms with van der Waals surface area (Å²) < 4.78 is 19.2. The Balaban J connectivity index is 2.35. The molecule has 22 heavy (non-hydrogen) atoms. The molecule has 2 aromatic carbocycles. The van der Waals surface area contributed by atoms with Crippen LogP contribution in [0.5, 0.6) is 5.75 Å². The van der Waals surface area contributed by atoms with Gasteiger partial charge in [-0.2, -0.15) is 0 Å². The van der Waals surface area contributed by atoms with Crippen LogP contribution in [0.1, 0.15) is 17.3 Å². The lowest BCUT2D eigenvalue weighted by molar-refractivity contribution is 0.102. The lowest BCUT2D eigenvalue weighted by Crippen LogP contribution is -2.14. The van der Waals surface area contributed by atoms with E-state index in [1.54, 1.807) is 12.1 Å². The lowest BCUT2D eigenvalue weighted by atomic mass is 10.2. The number of anilines is 1. The molecule has 0 aliphatic rings. The molecule has 0 atom stereocenters. The molecule has 0 aromatic heterocycles. The molecular formula is C15H11BrCl2FNO2. The number of amides is 1. The van der Waals surface area contributed by atoms with Gasteiger partial charge in [0.25, 0.3) is 5.91 Å².